The highest BCUT2D eigenvalue weighted by atomic mass is 32.2. The van der Waals surface area contributed by atoms with Crippen molar-refractivity contribution in [1.29, 1.82) is 0 Å². The van der Waals surface area contributed by atoms with E-state index in [1.54, 1.807) is 23.9 Å². The molecule has 0 unspecified atom stereocenters. The minimum atomic E-state index is -1.36. The highest BCUT2D eigenvalue weighted by Crippen LogP contribution is 2.29. The Labute approximate surface area is 111 Å². The lowest BCUT2D eigenvalue weighted by Gasteiger charge is -2.25. The van der Waals surface area contributed by atoms with Crippen molar-refractivity contribution in [1.82, 2.24) is 0 Å². The third-order valence-corrected chi connectivity index (χ3v) is 3.61. The van der Waals surface area contributed by atoms with Crippen molar-refractivity contribution in [3.8, 4) is 0 Å². The monoisotopic (exact) mass is 266 g/mol. The van der Waals surface area contributed by atoms with Crippen molar-refractivity contribution in [2.45, 2.75) is 25.7 Å². The molecule has 0 fully saturated rings. The number of anilines is 1. The Kier molecular flexibility index (Phi) is 4.78. The molecule has 98 valence electrons. The summed E-state index contributed by atoms with van der Waals surface area (Å²) in [6.07, 6.45) is 0.613. The number of ketones is 1. The van der Waals surface area contributed by atoms with Gasteiger partial charge in [0.15, 0.2) is 0 Å². The maximum Gasteiger partial charge on any atom is 0.149 e. The van der Waals surface area contributed by atoms with Gasteiger partial charge in [-0.3, -0.25) is 4.79 Å². The van der Waals surface area contributed by atoms with Crippen molar-refractivity contribution in [2.75, 3.05) is 17.7 Å². The summed E-state index contributed by atoms with van der Waals surface area (Å²) in [7, 11) is 0. The van der Waals surface area contributed by atoms with Gasteiger partial charge in [-0.15, -0.1) is 11.8 Å². The first kappa shape index (κ1) is 14.6. The number of nitrogens with zero attached hydrogens (tertiary/aromatic N) is 1. The number of carbonyl (C=O) groups excluding carboxylic acids is 2. The Bertz CT molecular complexity index is 462. The van der Waals surface area contributed by atoms with E-state index in [9.17, 15) is 14.7 Å². The molecule has 4 nitrogen and oxygen atoms in total. The standard InChI is InChI=1S/C13H17NO3S/c1-8-5-11(6-9(2)12(8)18-4)14(13(16)17)7-10(3)15/h5-6H,7H2,1-4H3,(H,16,17)/p-1. The Balaban J connectivity index is 3.21. The lowest BCUT2D eigenvalue weighted by Crippen LogP contribution is -2.43. The zero-order valence-corrected chi connectivity index (χ0v) is 11.8. The maximum absolute atomic E-state index is 11.1. The number of carbonyl (C=O) groups is 2. The first-order chi connectivity index (χ1) is 8.36. The molecular weight excluding hydrogens is 250 g/mol. The lowest BCUT2D eigenvalue weighted by atomic mass is 10.1. The summed E-state index contributed by atoms with van der Waals surface area (Å²) in [4.78, 5) is 24.2. The fourth-order valence-corrected chi connectivity index (χ4v) is 2.65. The summed E-state index contributed by atoms with van der Waals surface area (Å²) in [6, 6.07) is 3.52. The van der Waals surface area contributed by atoms with E-state index in [0.717, 1.165) is 20.9 Å². The average Bonchev–Trinajstić information content (AvgIpc) is 2.24. The molecule has 0 atom stereocenters. The van der Waals surface area contributed by atoms with Crippen LogP contribution in [0.5, 0.6) is 0 Å². The number of benzene rings is 1. The van der Waals surface area contributed by atoms with Gasteiger partial charge < -0.3 is 14.8 Å². The molecule has 0 saturated carbocycles. The van der Waals surface area contributed by atoms with Crippen LogP contribution in [0.1, 0.15) is 18.1 Å². The lowest BCUT2D eigenvalue weighted by molar-refractivity contribution is -0.246. The number of rotatable bonds is 4. The normalized spacial score (nSPS) is 10.2. The molecule has 18 heavy (non-hydrogen) atoms. The van der Waals surface area contributed by atoms with Crippen LogP contribution in [-0.2, 0) is 4.79 Å². The van der Waals surface area contributed by atoms with E-state index >= 15 is 0 Å². The molecule has 0 bridgehead atoms. The van der Waals surface area contributed by atoms with E-state index < -0.39 is 6.09 Å². The van der Waals surface area contributed by atoms with Gasteiger partial charge in [-0.2, -0.15) is 0 Å². The van der Waals surface area contributed by atoms with Crippen molar-refractivity contribution < 1.29 is 14.7 Å². The zero-order chi connectivity index (χ0) is 13.9. The van der Waals surface area contributed by atoms with Gasteiger partial charge in [-0.1, -0.05) is 0 Å². The van der Waals surface area contributed by atoms with Gasteiger partial charge >= 0.3 is 0 Å². The van der Waals surface area contributed by atoms with Crippen LogP contribution in [0.15, 0.2) is 17.0 Å². The van der Waals surface area contributed by atoms with Crippen molar-refractivity contribution in [3.05, 3.63) is 23.3 Å². The molecule has 1 rings (SSSR count). The molecule has 1 aromatic rings. The van der Waals surface area contributed by atoms with Crippen LogP contribution in [0.25, 0.3) is 0 Å². The molecule has 1 amide bonds. The number of hydrogen-bond donors (Lipinski definition) is 0. The Morgan fingerprint density at radius 3 is 2.11 bits per heavy atom. The van der Waals surface area contributed by atoms with E-state index in [-0.39, 0.29) is 12.3 Å². The fourth-order valence-electron chi connectivity index (χ4n) is 1.89. The molecule has 0 aliphatic rings. The van der Waals surface area contributed by atoms with Crippen LogP contribution in [-0.4, -0.2) is 24.7 Å². The Morgan fingerprint density at radius 2 is 1.78 bits per heavy atom. The molecule has 0 spiro atoms. The molecule has 1 aromatic carbocycles. The van der Waals surface area contributed by atoms with E-state index in [1.807, 2.05) is 20.1 Å². The first-order valence-corrected chi connectivity index (χ1v) is 6.72. The van der Waals surface area contributed by atoms with Crippen LogP contribution in [0, 0.1) is 13.8 Å². The number of Topliss-reactive ketones (excluding diaryl/α,β-unsaturated/α-hetero) is 1. The summed E-state index contributed by atoms with van der Waals surface area (Å²) in [5.41, 5.74) is 2.47. The highest BCUT2D eigenvalue weighted by molar-refractivity contribution is 7.98. The van der Waals surface area contributed by atoms with Crippen LogP contribution >= 0.6 is 11.8 Å². The number of aryl methyl sites for hydroxylation is 2. The van der Waals surface area contributed by atoms with Gasteiger partial charge in [0.05, 0.1) is 6.54 Å². The molecule has 5 heteroatoms. The number of carboxylic acid groups (broad SMARTS) is 1. The smallest absolute Gasteiger partial charge is 0.149 e. The summed E-state index contributed by atoms with van der Waals surface area (Å²) in [5, 5.41) is 11.1. The minimum Gasteiger partial charge on any atom is -0.530 e. The second-order valence-corrected chi connectivity index (χ2v) is 4.98. The zero-order valence-electron chi connectivity index (χ0n) is 10.9. The Morgan fingerprint density at radius 1 is 1.28 bits per heavy atom. The second kappa shape index (κ2) is 5.91. The van der Waals surface area contributed by atoms with Gasteiger partial charge in [0.2, 0.25) is 0 Å². The van der Waals surface area contributed by atoms with Crippen LogP contribution < -0.4 is 10.0 Å². The predicted octanol–water partition coefficient (Wildman–Crippen LogP) is 1.76. The Hall–Kier alpha value is -1.49. The molecule has 0 heterocycles. The van der Waals surface area contributed by atoms with Crippen molar-refractivity contribution >= 4 is 29.3 Å². The topological polar surface area (TPSA) is 60.4 Å². The molecule has 0 aliphatic heterocycles. The minimum absolute atomic E-state index is 0.181. The summed E-state index contributed by atoms with van der Waals surface area (Å²) < 4.78 is 0. The van der Waals surface area contributed by atoms with Gasteiger partial charge in [-0.05, 0) is 50.3 Å². The summed E-state index contributed by atoms with van der Waals surface area (Å²) >= 11 is 1.62. The van der Waals surface area contributed by atoms with E-state index in [2.05, 4.69) is 0 Å². The van der Waals surface area contributed by atoms with Gasteiger partial charge in [0.25, 0.3) is 0 Å². The molecule has 0 aromatic heterocycles. The second-order valence-electron chi connectivity index (χ2n) is 4.17. The largest absolute Gasteiger partial charge is 0.530 e. The molecule has 0 saturated heterocycles. The van der Waals surface area contributed by atoms with Crippen LogP contribution in [0.3, 0.4) is 0 Å². The van der Waals surface area contributed by atoms with Crippen LogP contribution in [0.4, 0.5) is 10.5 Å². The van der Waals surface area contributed by atoms with E-state index in [4.69, 9.17) is 0 Å². The highest BCUT2D eigenvalue weighted by Gasteiger charge is 2.13. The fraction of sp³-hybridized carbons (Fsp3) is 0.385. The molecule has 0 N–H and O–H groups in total. The van der Waals surface area contributed by atoms with Crippen molar-refractivity contribution in [3.63, 3.8) is 0 Å². The quantitative estimate of drug-likeness (QED) is 0.779. The van der Waals surface area contributed by atoms with E-state index in [1.165, 1.54) is 6.92 Å². The average molecular weight is 266 g/mol. The van der Waals surface area contributed by atoms with Gasteiger partial charge in [0.1, 0.15) is 11.9 Å². The van der Waals surface area contributed by atoms with E-state index in [0.29, 0.717) is 5.69 Å². The molecular formula is C13H16NO3S-. The third kappa shape index (κ3) is 3.26. The third-order valence-electron chi connectivity index (χ3n) is 2.56. The SMILES string of the molecule is CSc1c(C)cc(N(CC(C)=O)C(=O)[O-])cc1C. The van der Waals surface area contributed by atoms with Crippen LogP contribution in [0.2, 0.25) is 0 Å². The van der Waals surface area contributed by atoms with Gasteiger partial charge in [-0.25, -0.2) is 0 Å². The van der Waals surface area contributed by atoms with Gasteiger partial charge in [0, 0.05) is 10.6 Å². The number of thioether (sulfide) groups is 1. The first-order valence-electron chi connectivity index (χ1n) is 5.50. The summed E-state index contributed by atoms with van der Waals surface area (Å²) in [6.45, 7) is 5.01. The number of hydrogen-bond acceptors (Lipinski definition) is 4. The maximum atomic E-state index is 11.1. The summed E-state index contributed by atoms with van der Waals surface area (Å²) in [5.74, 6) is -0.219. The molecule has 0 aliphatic carbocycles. The van der Waals surface area contributed by atoms with Crippen molar-refractivity contribution in [2.24, 2.45) is 0 Å². The predicted molar refractivity (Wildman–Crippen MR) is 71.1 cm³/mol. The number of amides is 1. The molecule has 0 radical (unpaired) electrons.